The lowest BCUT2D eigenvalue weighted by molar-refractivity contribution is 0.102. The van der Waals surface area contributed by atoms with Gasteiger partial charge in [-0.3, -0.25) is 14.9 Å². The first kappa shape index (κ1) is 18.8. The van der Waals surface area contributed by atoms with Crippen molar-refractivity contribution in [2.45, 2.75) is 20.3 Å². The van der Waals surface area contributed by atoms with Gasteiger partial charge in [0.25, 0.3) is 17.4 Å². The molecule has 10 heteroatoms. The summed E-state index contributed by atoms with van der Waals surface area (Å²) in [6, 6.07) is 8.55. The Labute approximate surface area is 169 Å². The Morgan fingerprint density at radius 1 is 1.24 bits per heavy atom. The lowest BCUT2D eigenvalue weighted by Gasteiger charge is -2.05. The number of benzene rings is 1. The molecule has 4 rings (SSSR count). The molecule has 3 heterocycles. The summed E-state index contributed by atoms with van der Waals surface area (Å²) in [4.78, 5) is 37.6. The number of carbonyl (C=O) groups excluding carboxylic acids is 1. The molecule has 0 spiro atoms. The van der Waals surface area contributed by atoms with E-state index in [0.717, 1.165) is 28.0 Å². The number of rotatable bonds is 5. The molecule has 3 aromatic heterocycles. The minimum absolute atomic E-state index is 0.00307. The first-order chi connectivity index (χ1) is 13.9. The number of aryl methyl sites for hydroxylation is 2. The Hall–Kier alpha value is -3.53. The summed E-state index contributed by atoms with van der Waals surface area (Å²) < 4.78 is 6.81. The highest BCUT2D eigenvalue weighted by Gasteiger charge is 2.16. The van der Waals surface area contributed by atoms with Crippen molar-refractivity contribution < 1.29 is 9.53 Å². The number of anilines is 1. The van der Waals surface area contributed by atoms with Gasteiger partial charge in [-0.15, -0.1) is 5.10 Å². The van der Waals surface area contributed by atoms with Crippen LogP contribution < -0.4 is 15.6 Å². The summed E-state index contributed by atoms with van der Waals surface area (Å²) in [5.41, 5.74) is 1.49. The zero-order chi connectivity index (χ0) is 20.5. The average molecular weight is 410 g/mol. The van der Waals surface area contributed by atoms with Gasteiger partial charge in [-0.05, 0) is 31.5 Å². The number of hydrogen-bond donors (Lipinski definition) is 2. The Morgan fingerprint density at radius 3 is 2.69 bits per heavy atom. The van der Waals surface area contributed by atoms with Gasteiger partial charge >= 0.3 is 0 Å². The second-order valence-electron chi connectivity index (χ2n) is 6.43. The molecular weight excluding hydrogens is 392 g/mol. The topological polar surface area (TPSA) is 114 Å². The Morgan fingerprint density at radius 2 is 2.00 bits per heavy atom. The Bertz CT molecular complexity index is 1260. The van der Waals surface area contributed by atoms with E-state index in [0.29, 0.717) is 17.2 Å². The summed E-state index contributed by atoms with van der Waals surface area (Å²) in [7, 11) is 1.59. The molecule has 0 saturated carbocycles. The van der Waals surface area contributed by atoms with Gasteiger partial charge in [0.05, 0.1) is 12.8 Å². The molecule has 0 unspecified atom stereocenters. The van der Waals surface area contributed by atoms with Crippen LogP contribution in [0.2, 0.25) is 0 Å². The molecule has 2 N–H and O–H groups in total. The van der Waals surface area contributed by atoms with Gasteiger partial charge in [0.15, 0.2) is 0 Å². The fourth-order valence-corrected chi connectivity index (χ4v) is 3.71. The maximum Gasteiger partial charge on any atom is 0.276 e. The number of ether oxygens (including phenoxy) is 1. The van der Waals surface area contributed by atoms with Crippen LogP contribution in [0.5, 0.6) is 5.75 Å². The lowest BCUT2D eigenvalue weighted by Crippen LogP contribution is -2.21. The first-order valence-electron chi connectivity index (χ1n) is 8.80. The molecule has 0 saturated heterocycles. The molecule has 0 radical (unpaired) electrons. The maximum absolute atomic E-state index is 12.6. The van der Waals surface area contributed by atoms with Gasteiger partial charge in [0.2, 0.25) is 4.96 Å². The predicted molar refractivity (Wildman–Crippen MR) is 109 cm³/mol. The van der Waals surface area contributed by atoms with E-state index in [4.69, 9.17) is 4.74 Å². The second-order valence-corrected chi connectivity index (χ2v) is 7.61. The molecule has 9 nitrogen and oxygen atoms in total. The van der Waals surface area contributed by atoms with Crippen LogP contribution in [0.15, 0.2) is 35.1 Å². The molecule has 0 aliphatic carbocycles. The summed E-state index contributed by atoms with van der Waals surface area (Å²) in [6.07, 6.45) is 0.372. The van der Waals surface area contributed by atoms with Crippen LogP contribution >= 0.6 is 11.3 Å². The molecule has 1 amide bonds. The highest BCUT2D eigenvalue weighted by Crippen LogP contribution is 2.21. The van der Waals surface area contributed by atoms with Crippen molar-refractivity contribution in [2.24, 2.45) is 0 Å². The van der Waals surface area contributed by atoms with Crippen LogP contribution in [-0.2, 0) is 6.42 Å². The van der Waals surface area contributed by atoms with Gasteiger partial charge in [-0.1, -0.05) is 23.5 Å². The number of hydrogen-bond acceptors (Lipinski definition) is 7. The third-order valence-electron chi connectivity index (χ3n) is 4.43. The third kappa shape index (κ3) is 3.87. The Balaban J connectivity index is 1.55. The predicted octanol–water partition coefficient (Wildman–Crippen LogP) is 2.34. The summed E-state index contributed by atoms with van der Waals surface area (Å²) in [5, 5.41) is 6.89. The highest BCUT2D eigenvalue weighted by atomic mass is 32.1. The van der Waals surface area contributed by atoms with E-state index in [-0.39, 0.29) is 11.6 Å². The van der Waals surface area contributed by atoms with Crippen molar-refractivity contribution in [3.63, 3.8) is 0 Å². The standard InChI is InChI=1S/C19H18N6O3S/c1-10-11(2)29-19-23-18(24-25(10)19)22-17(27)14-9-16(26)21-15(20-14)8-12-4-6-13(28-3)7-5-12/h4-7,9H,8H2,1-3H3,(H,20,21,26)(H,22,24,27). The zero-order valence-electron chi connectivity index (χ0n) is 16.0. The van der Waals surface area contributed by atoms with Crippen molar-refractivity contribution in [3.8, 4) is 5.75 Å². The number of nitrogens with one attached hydrogen (secondary N) is 2. The molecule has 0 aliphatic heterocycles. The van der Waals surface area contributed by atoms with E-state index in [1.54, 1.807) is 11.6 Å². The van der Waals surface area contributed by atoms with Crippen LogP contribution in [0.4, 0.5) is 5.95 Å². The monoisotopic (exact) mass is 410 g/mol. The summed E-state index contributed by atoms with van der Waals surface area (Å²) >= 11 is 1.49. The van der Waals surface area contributed by atoms with Crippen LogP contribution in [0, 0.1) is 13.8 Å². The Kier molecular flexibility index (Phi) is 4.85. The van der Waals surface area contributed by atoms with Crippen LogP contribution in [-0.4, -0.2) is 37.6 Å². The van der Waals surface area contributed by atoms with E-state index in [2.05, 4.69) is 25.4 Å². The number of thiazole rings is 1. The minimum atomic E-state index is -0.542. The SMILES string of the molecule is COc1ccc(Cc2nc(C(=O)Nc3nc4sc(C)c(C)n4n3)cc(=O)[nH]2)cc1. The number of carbonyl (C=O) groups is 1. The fraction of sp³-hybridized carbons (Fsp3) is 0.211. The highest BCUT2D eigenvalue weighted by molar-refractivity contribution is 7.17. The van der Waals surface area contributed by atoms with Crippen LogP contribution in [0.3, 0.4) is 0 Å². The van der Waals surface area contributed by atoms with Crippen LogP contribution in [0.1, 0.15) is 32.4 Å². The maximum atomic E-state index is 12.6. The number of nitrogens with zero attached hydrogens (tertiary/aromatic N) is 4. The van der Waals surface area contributed by atoms with Crippen molar-refractivity contribution >= 4 is 28.2 Å². The number of amides is 1. The quantitative estimate of drug-likeness (QED) is 0.522. The average Bonchev–Trinajstić information content (AvgIpc) is 3.20. The van der Waals surface area contributed by atoms with E-state index in [9.17, 15) is 9.59 Å². The second kappa shape index (κ2) is 7.47. The van der Waals surface area contributed by atoms with E-state index < -0.39 is 11.5 Å². The van der Waals surface area contributed by atoms with Crippen molar-refractivity contribution in [1.29, 1.82) is 0 Å². The molecule has 1 aromatic carbocycles. The van der Waals surface area contributed by atoms with Gasteiger partial charge in [0, 0.05) is 17.4 Å². The molecule has 29 heavy (non-hydrogen) atoms. The molecule has 0 bridgehead atoms. The van der Waals surface area contributed by atoms with E-state index >= 15 is 0 Å². The number of aromatic nitrogens is 5. The van der Waals surface area contributed by atoms with E-state index in [1.807, 2.05) is 38.1 Å². The smallest absolute Gasteiger partial charge is 0.276 e. The molecular formula is C19H18N6O3S. The lowest BCUT2D eigenvalue weighted by atomic mass is 10.1. The molecule has 0 atom stereocenters. The normalized spacial score (nSPS) is 11.0. The van der Waals surface area contributed by atoms with Gasteiger partial charge in [0.1, 0.15) is 17.3 Å². The van der Waals surface area contributed by atoms with Crippen molar-refractivity contribution in [2.75, 3.05) is 12.4 Å². The largest absolute Gasteiger partial charge is 0.497 e. The molecule has 0 fully saturated rings. The minimum Gasteiger partial charge on any atom is -0.497 e. The first-order valence-corrected chi connectivity index (χ1v) is 9.62. The molecule has 148 valence electrons. The van der Waals surface area contributed by atoms with Crippen molar-refractivity contribution in [1.82, 2.24) is 24.6 Å². The zero-order valence-corrected chi connectivity index (χ0v) is 16.8. The van der Waals surface area contributed by atoms with Gasteiger partial charge in [-0.2, -0.15) is 4.98 Å². The van der Waals surface area contributed by atoms with Gasteiger partial charge < -0.3 is 9.72 Å². The van der Waals surface area contributed by atoms with Crippen LogP contribution in [0.25, 0.3) is 4.96 Å². The van der Waals surface area contributed by atoms with Crippen molar-refractivity contribution in [3.05, 3.63) is 68.3 Å². The van der Waals surface area contributed by atoms with Gasteiger partial charge in [-0.25, -0.2) is 9.50 Å². The molecule has 4 aromatic rings. The summed E-state index contributed by atoms with van der Waals surface area (Å²) in [6.45, 7) is 3.92. The third-order valence-corrected chi connectivity index (χ3v) is 5.48. The summed E-state index contributed by atoms with van der Waals surface area (Å²) in [5.74, 6) is 0.752. The number of methoxy groups -OCH3 is 1. The number of aromatic amines is 1. The number of H-pyrrole nitrogens is 1. The molecule has 0 aliphatic rings. The fourth-order valence-electron chi connectivity index (χ4n) is 2.81. The van der Waals surface area contributed by atoms with E-state index in [1.165, 1.54) is 11.3 Å². The number of fused-ring (bicyclic) bond motifs is 1.